The fraction of sp³-hybridized carbons (Fsp3) is 0.667. The second-order valence-corrected chi connectivity index (χ2v) is 10.7. The Kier molecular flexibility index (Phi) is 6.14. The van der Waals surface area contributed by atoms with E-state index in [1.54, 1.807) is 0 Å². The summed E-state index contributed by atoms with van der Waals surface area (Å²) in [6, 6.07) is 2.73. The molecule has 1 spiro atoms. The molecule has 1 aliphatic carbocycles. The van der Waals surface area contributed by atoms with E-state index >= 15 is 0 Å². The Balaban J connectivity index is 1.58. The van der Waals surface area contributed by atoms with Gasteiger partial charge in [0.25, 0.3) is 0 Å². The zero-order valence-corrected chi connectivity index (χ0v) is 17.7. The van der Waals surface area contributed by atoms with E-state index in [2.05, 4.69) is 5.32 Å². The molecule has 1 aromatic rings. The molecule has 2 heterocycles. The first kappa shape index (κ1) is 21.6. The summed E-state index contributed by atoms with van der Waals surface area (Å²) in [5, 5.41) is 3.15. The van der Waals surface area contributed by atoms with Crippen LogP contribution in [0, 0.1) is 23.0 Å². The number of carbonyl (C=O) groups is 1. The normalized spacial score (nSPS) is 25.5. The number of ether oxygens (including phenoxy) is 1. The number of benzene rings is 1. The van der Waals surface area contributed by atoms with E-state index in [9.17, 15) is 22.0 Å². The molecule has 1 aromatic carbocycles. The molecule has 166 valence electrons. The van der Waals surface area contributed by atoms with Crippen molar-refractivity contribution < 1.29 is 26.7 Å². The van der Waals surface area contributed by atoms with Crippen LogP contribution >= 0.6 is 0 Å². The van der Waals surface area contributed by atoms with Gasteiger partial charge in [0.15, 0.2) is 11.6 Å². The third kappa shape index (κ3) is 4.11. The molecule has 1 atom stereocenters. The third-order valence-corrected chi connectivity index (χ3v) is 8.71. The molecular formula is C21H28F2N2O4S. The van der Waals surface area contributed by atoms with Crippen LogP contribution < -0.4 is 5.32 Å². The van der Waals surface area contributed by atoms with E-state index in [0.717, 1.165) is 37.8 Å². The van der Waals surface area contributed by atoms with Crippen molar-refractivity contribution in [3.05, 3.63) is 29.8 Å². The quantitative estimate of drug-likeness (QED) is 0.778. The lowest BCUT2D eigenvalue weighted by molar-refractivity contribution is -0.130. The first-order chi connectivity index (χ1) is 14.3. The van der Waals surface area contributed by atoms with E-state index in [1.165, 1.54) is 10.7 Å². The van der Waals surface area contributed by atoms with Gasteiger partial charge in [-0.3, -0.25) is 4.79 Å². The van der Waals surface area contributed by atoms with Crippen molar-refractivity contribution in [3.63, 3.8) is 0 Å². The van der Waals surface area contributed by atoms with Crippen LogP contribution in [0.1, 0.15) is 44.9 Å². The monoisotopic (exact) mass is 442 g/mol. The molecule has 1 unspecified atom stereocenters. The Bertz CT molecular complexity index is 896. The van der Waals surface area contributed by atoms with Crippen LogP contribution in [-0.4, -0.2) is 51.0 Å². The summed E-state index contributed by atoms with van der Waals surface area (Å²) in [5.74, 6) is -2.89. The zero-order valence-electron chi connectivity index (χ0n) is 16.9. The lowest BCUT2D eigenvalue weighted by Crippen LogP contribution is -2.47. The molecular weight excluding hydrogens is 414 g/mol. The predicted molar refractivity (Wildman–Crippen MR) is 106 cm³/mol. The SMILES string of the molecule is O=C(NC1CCCCC1)C1CN(S(=O)(=O)c2ccc(F)c(F)c2)CC12CCOCC2. The Morgan fingerprint density at radius 2 is 1.80 bits per heavy atom. The van der Waals surface area contributed by atoms with E-state index in [1.807, 2.05) is 0 Å². The lowest BCUT2D eigenvalue weighted by atomic mass is 9.71. The summed E-state index contributed by atoms with van der Waals surface area (Å²) < 4.78 is 60.0. The third-order valence-electron chi connectivity index (χ3n) is 6.90. The summed E-state index contributed by atoms with van der Waals surface area (Å²) in [6.07, 6.45) is 6.45. The van der Waals surface area contributed by atoms with E-state index in [-0.39, 0.29) is 29.9 Å². The zero-order chi connectivity index (χ0) is 21.4. The molecule has 30 heavy (non-hydrogen) atoms. The maximum absolute atomic E-state index is 13.7. The largest absolute Gasteiger partial charge is 0.381 e. The minimum absolute atomic E-state index is 0.0415. The molecule has 2 saturated heterocycles. The number of nitrogens with zero attached hydrogens (tertiary/aromatic N) is 1. The van der Waals surface area contributed by atoms with Gasteiger partial charge in [0.1, 0.15) is 0 Å². The highest BCUT2D eigenvalue weighted by atomic mass is 32.2. The van der Waals surface area contributed by atoms with Crippen LogP contribution in [0.5, 0.6) is 0 Å². The number of amides is 1. The van der Waals surface area contributed by atoms with Crippen LogP contribution in [0.15, 0.2) is 23.1 Å². The van der Waals surface area contributed by atoms with Crippen LogP contribution in [0.2, 0.25) is 0 Å². The number of nitrogens with one attached hydrogen (secondary N) is 1. The molecule has 1 amide bonds. The summed E-state index contributed by atoms with van der Waals surface area (Å²) >= 11 is 0. The van der Waals surface area contributed by atoms with Gasteiger partial charge in [-0.05, 0) is 43.9 Å². The van der Waals surface area contributed by atoms with Crippen molar-refractivity contribution in [1.82, 2.24) is 9.62 Å². The fourth-order valence-corrected chi connectivity index (χ4v) is 6.65. The molecule has 4 rings (SSSR count). The number of hydrogen-bond acceptors (Lipinski definition) is 4. The van der Waals surface area contributed by atoms with Crippen molar-refractivity contribution in [2.75, 3.05) is 26.3 Å². The molecule has 6 nitrogen and oxygen atoms in total. The maximum Gasteiger partial charge on any atom is 0.243 e. The summed E-state index contributed by atoms with van der Waals surface area (Å²) in [4.78, 5) is 12.9. The molecule has 0 radical (unpaired) electrons. The van der Waals surface area contributed by atoms with Crippen molar-refractivity contribution in [2.24, 2.45) is 11.3 Å². The van der Waals surface area contributed by atoms with E-state index < -0.39 is 33.0 Å². The first-order valence-electron chi connectivity index (χ1n) is 10.7. The number of hydrogen-bond donors (Lipinski definition) is 1. The molecule has 0 aromatic heterocycles. The molecule has 9 heteroatoms. The second kappa shape index (κ2) is 8.51. The van der Waals surface area contributed by atoms with Gasteiger partial charge in [-0.25, -0.2) is 17.2 Å². The van der Waals surface area contributed by atoms with Gasteiger partial charge in [-0.15, -0.1) is 0 Å². The Morgan fingerprint density at radius 1 is 1.10 bits per heavy atom. The summed E-state index contributed by atoms with van der Waals surface area (Å²) in [7, 11) is -4.05. The Labute approximate surface area is 176 Å². The van der Waals surface area contributed by atoms with Crippen molar-refractivity contribution in [3.8, 4) is 0 Å². The second-order valence-electron chi connectivity index (χ2n) is 8.74. The van der Waals surface area contributed by atoms with Gasteiger partial charge >= 0.3 is 0 Å². The summed E-state index contributed by atoms with van der Waals surface area (Å²) in [5.41, 5.74) is -0.497. The minimum atomic E-state index is -4.05. The Hall–Kier alpha value is -1.58. The number of sulfonamides is 1. The average Bonchev–Trinajstić information content (AvgIpc) is 3.10. The van der Waals surface area contributed by atoms with E-state index in [4.69, 9.17) is 4.74 Å². The minimum Gasteiger partial charge on any atom is -0.381 e. The van der Waals surface area contributed by atoms with Gasteiger partial charge in [-0.1, -0.05) is 19.3 Å². The van der Waals surface area contributed by atoms with Crippen LogP contribution in [0.4, 0.5) is 8.78 Å². The molecule has 2 aliphatic heterocycles. The molecule has 1 N–H and O–H groups in total. The van der Waals surface area contributed by atoms with Crippen LogP contribution in [0.3, 0.4) is 0 Å². The van der Waals surface area contributed by atoms with Gasteiger partial charge in [0, 0.05) is 37.8 Å². The number of carbonyl (C=O) groups excluding carboxylic acids is 1. The predicted octanol–water partition coefficient (Wildman–Crippen LogP) is 2.83. The van der Waals surface area contributed by atoms with Gasteiger partial charge in [0.2, 0.25) is 15.9 Å². The molecule has 0 bridgehead atoms. The highest BCUT2D eigenvalue weighted by Crippen LogP contribution is 2.46. The number of halogens is 2. The lowest BCUT2D eigenvalue weighted by Gasteiger charge is -2.38. The van der Waals surface area contributed by atoms with Crippen molar-refractivity contribution in [1.29, 1.82) is 0 Å². The van der Waals surface area contributed by atoms with Crippen molar-refractivity contribution >= 4 is 15.9 Å². The fourth-order valence-electron chi connectivity index (χ4n) is 5.09. The van der Waals surface area contributed by atoms with Crippen LogP contribution in [-0.2, 0) is 19.6 Å². The molecule has 3 fully saturated rings. The molecule has 3 aliphatic rings. The average molecular weight is 443 g/mol. The molecule has 1 saturated carbocycles. The number of rotatable bonds is 4. The smallest absolute Gasteiger partial charge is 0.243 e. The standard InChI is InChI=1S/C21H28F2N2O4S/c22-18-7-6-16(12-19(18)23)30(27,28)25-13-17(21(14-25)8-10-29-11-9-21)20(26)24-15-4-2-1-3-5-15/h6-7,12,15,17H,1-5,8-11,13-14H2,(H,24,26). The Morgan fingerprint density at radius 3 is 2.47 bits per heavy atom. The highest BCUT2D eigenvalue weighted by molar-refractivity contribution is 7.89. The highest BCUT2D eigenvalue weighted by Gasteiger charge is 2.53. The van der Waals surface area contributed by atoms with Gasteiger partial charge in [-0.2, -0.15) is 4.31 Å². The van der Waals surface area contributed by atoms with Gasteiger partial charge < -0.3 is 10.1 Å². The van der Waals surface area contributed by atoms with Crippen LogP contribution in [0.25, 0.3) is 0 Å². The summed E-state index contributed by atoms with van der Waals surface area (Å²) in [6.45, 7) is 1.18. The van der Waals surface area contributed by atoms with Crippen molar-refractivity contribution in [2.45, 2.75) is 55.9 Å². The maximum atomic E-state index is 13.7. The first-order valence-corrected chi connectivity index (χ1v) is 12.1. The van der Waals surface area contributed by atoms with E-state index in [0.29, 0.717) is 32.1 Å². The topological polar surface area (TPSA) is 75.7 Å². The van der Waals surface area contributed by atoms with Gasteiger partial charge in [0.05, 0.1) is 10.8 Å².